The molecule has 0 fully saturated rings. The molecule has 0 aromatic heterocycles. The first kappa shape index (κ1) is 18.0. The zero-order valence-corrected chi connectivity index (χ0v) is 13.1. The van der Waals surface area contributed by atoms with Gasteiger partial charge in [0.05, 0.1) is 12.8 Å². The van der Waals surface area contributed by atoms with Crippen molar-refractivity contribution in [2.45, 2.75) is 26.4 Å². The van der Waals surface area contributed by atoms with E-state index in [1.165, 1.54) is 0 Å². The maximum absolute atomic E-state index is 11.5. The highest BCUT2D eigenvalue weighted by Gasteiger charge is 2.10. The second kappa shape index (κ2) is 10.7. The summed E-state index contributed by atoms with van der Waals surface area (Å²) in [5.74, 6) is -0.523. The van der Waals surface area contributed by atoms with Gasteiger partial charge in [-0.05, 0) is 17.3 Å². The molecule has 6 nitrogen and oxygen atoms in total. The molecule has 0 aliphatic heterocycles. The molecule has 0 aliphatic carbocycles. The van der Waals surface area contributed by atoms with Gasteiger partial charge in [0.25, 0.3) is 0 Å². The number of carbonyl (C=O) groups excluding carboxylic acids is 3. The summed E-state index contributed by atoms with van der Waals surface area (Å²) in [6.07, 6.45) is -0.199. The van der Waals surface area contributed by atoms with E-state index < -0.39 is 24.0 Å². The van der Waals surface area contributed by atoms with Crippen molar-refractivity contribution >= 4 is 29.0 Å². The molecule has 7 heteroatoms. The Morgan fingerprint density at radius 1 is 0.955 bits per heavy atom. The van der Waals surface area contributed by atoms with Crippen LogP contribution >= 0.6 is 11.8 Å². The summed E-state index contributed by atoms with van der Waals surface area (Å²) in [5, 5.41) is -0.502. The average molecular weight is 326 g/mol. The molecule has 0 bridgehead atoms. The number of benzene rings is 1. The molecule has 0 amide bonds. The van der Waals surface area contributed by atoms with Crippen LogP contribution in [0.25, 0.3) is 0 Å². The summed E-state index contributed by atoms with van der Waals surface area (Å²) in [6, 6.07) is 9.24. The number of thioether (sulfide) groups is 1. The maximum atomic E-state index is 11.5. The third-order valence-electron chi connectivity index (χ3n) is 2.43. The Bertz CT molecular complexity index is 488. The van der Waals surface area contributed by atoms with Crippen LogP contribution in [0.2, 0.25) is 0 Å². The summed E-state index contributed by atoms with van der Waals surface area (Å²) < 4.78 is 14.3. The zero-order chi connectivity index (χ0) is 16.2. The lowest BCUT2D eigenvalue weighted by atomic mass is 10.2. The summed E-state index contributed by atoms with van der Waals surface area (Å²) in [5.41, 5.74) is 0.874. The highest BCUT2D eigenvalue weighted by molar-refractivity contribution is 8.13. The van der Waals surface area contributed by atoms with E-state index in [2.05, 4.69) is 9.47 Å². The Hall–Kier alpha value is -2.02. The van der Waals surface area contributed by atoms with Crippen LogP contribution in [0.3, 0.4) is 0 Å². The van der Waals surface area contributed by atoms with Crippen LogP contribution < -0.4 is 0 Å². The Labute approximate surface area is 133 Å². The third kappa shape index (κ3) is 8.31. The number of ether oxygens (including phenoxy) is 3. The van der Waals surface area contributed by atoms with Crippen LogP contribution in [-0.4, -0.2) is 29.8 Å². The minimum absolute atomic E-state index is 0.0800. The van der Waals surface area contributed by atoms with E-state index in [0.29, 0.717) is 5.75 Å². The van der Waals surface area contributed by atoms with Crippen LogP contribution in [0.1, 0.15) is 25.3 Å². The smallest absolute Gasteiger partial charge is 0.370 e. The van der Waals surface area contributed by atoms with Gasteiger partial charge in [-0.25, -0.2) is 4.79 Å². The Kier molecular flexibility index (Phi) is 8.74. The Morgan fingerprint density at radius 3 is 2.23 bits per heavy atom. The van der Waals surface area contributed by atoms with E-state index in [-0.39, 0.29) is 19.4 Å². The maximum Gasteiger partial charge on any atom is 0.370 e. The van der Waals surface area contributed by atoms with E-state index in [1.807, 2.05) is 30.3 Å². The molecule has 0 unspecified atom stereocenters. The van der Waals surface area contributed by atoms with Gasteiger partial charge in [-0.15, -0.1) is 0 Å². The van der Waals surface area contributed by atoms with Gasteiger partial charge in [0.1, 0.15) is 6.61 Å². The lowest BCUT2D eigenvalue weighted by molar-refractivity contribution is -0.155. The minimum Gasteiger partial charge on any atom is -0.461 e. The molecule has 0 aliphatic rings. The molecule has 22 heavy (non-hydrogen) atoms. The van der Waals surface area contributed by atoms with E-state index in [9.17, 15) is 14.4 Å². The summed E-state index contributed by atoms with van der Waals surface area (Å²) >= 11 is 0.979. The van der Waals surface area contributed by atoms with Gasteiger partial charge in [0.2, 0.25) is 6.79 Å². The average Bonchev–Trinajstić information content (AvgIpc) is 2.52. The number of esters is 2. The molecule has 1 rings (SSSR count). The standard InChI is InChI=1S/C15H18O6S/c1-2-22-15(18)21-11-20-14(17)9-8-13(16)19-10-12-6-4-3-5-7-12/h3-7H,2,8-11H2,1H3. The lowest BCUT2D eigenvalue weighted by Crippen LogP contribution is -2.13. The van der Waals surface area contributed by atoms with Gasteiger partial charge in [-0.1, -0.05) is 37.3 Å². The summed E-state index contributed by atoms with van der Waals surface area (Å²) in [7, 11) is 0. The van der Waals surface area contributed by atoms with Gasteiger partial charge in [0.15, 0.2) is 0 Å². The van der Waals surface area contributed by atoms with E-state index in [1.54, 1.807) is 6.92 Å². The second-order valence-corrected chi connectivity index (χ2v) is 5.31. The zero-order valence-electron chi connectivity index (χ0n) is 12.3. The van der Waals surface area contributed by atoms with E-state index >= 15 is 0 Å². The van der Waals surface area contributed by atoms with E-state index in [4.69, 9.17) is 4.74 Å². The predicted molar refractivity (Wildman–Crippen MR) is 81.0 cm³/mol. The number of rotatable bonds is 8. The quantitative estimate of drug-likeness (QED) is 0.537. The SMILES string of the molecule is CCSC(=O)OCOC(=O)CCC(=O)OCc1ccccc1. The van der Waals surface area contributed by atoms with Gasteiger partial charge in [-0.3, -0.25) is 9.59 Å². The Balaban J connectivity index is 2.10. The van der Waals surface area contributed by atoms with Crippen molar-refractivity contribution in [2.75, 3.05) is 12.5 Å². The molecule has 0 N–H and O–H groups in total. The van der Waals surface area contributed by atoms with E-state index in [0.717, 1.165) is 17.3 Å². The van der Waals surface area contributed by atoms with Crippen molar-refractivity contribution in [1.29, 1.82) is 0 Å². The monoisotopic (exact) mass is 326 g/mol. The first-order chi connectivity index (χ1) is 10.6. The Morgan fingerprint density at radius 2 is 1.59 bits per heavy atom. The van der Waals surface area contributed by atoms with Crippen molar-refractivity contribution in [3.05, 3.63) is 35.9 Å². The molecule has 0 heterocycles. The summed E-state index contributed by atoms with van der Waals surface area (Å²) in [4.78, 5) is 33.8. The number of hydrogen-bond donors (Lipinski definition) is 0. The molecule has 1 aromatic rings. The van der Waals surface area contributed by atoms with Crippen molar-refractivity contribution < 1.29 is 28.6 Å². The van der Waals surface area contributed by atoms with Gasteiger partial charge in [-0.2, -0.15) is 0 Å². The predicted octanol–water partition coefficient (Wildman–Crippen LogP) is 2.90. The number of carbonyl (C=O) groups is 3. The van der Waals surface area contributed by atoms with Crippen molar-refractivity contribution in [3.8, 4) is 0 Å². The van der Waals surface area contributed by atoms with Gasteiger partial charge in [0, 0.05) is 5.75 Å². The van der Waals surface area contributed by atoms with Crippen LogP contribution in [-0.2, 0) is 30.4 Å². The van der Waals surface area contributed by atoms with Crippen LogP contribution in [0, 0.1) is 0 Å². The molecular weight excluding hydrogens is 308 g/mol. The lowest BCUT2D eigenvalue weighted by Gasteiger charge is -2.06. The fourth-order valence-electron chi connectivity index (χ4n) is 1.39. The fourth-order valence-corrected chi connectivity index (χ4v) is 1.76. The van der Waals surface area contributed by atoms with Crippen LogP contribution in [0.15, 0.2) is 30.3 Å². The van der Waals surface area contributed by atoms with Gasteiger partial charge < -0.3 is 14.2 Å². The highest BCUT2D eigenvalue weighted by atomic mass is 32.2. The normalized spacial score (nSPS) is 9.86. The summed E-state index contributed by atoms with van der Waals surface area (Å²) in [6.45, 7) is 1.53. The third-order valence-corrected chi connectivity index (χ3v) is 3.08. The van der Waals surface area contributed by atoms with Crippen LogP contribution in [0.4, 0.5) is 4.79 Å². The molecule has 0 saturated heterocycles. The first-order valence-electron chi connectivity index (χ1n) is 6.76. The van der Waals surface area contributed by atoms with Crippen molar-refractivity contribution in [3.63, 3.8) is 0 Å². The van der Waals surface area contributed by atoms with Gasteiger partial charge >= 0.3 is 17.2 Å². The minimum atomic E-state index is -0.619. The topological polar surface area (TPSA) is 78.9 Å². The largest absolute Gasteiger partial charge is 0.461 e. The molecule has 1 aromatic carbocycles. The van der Waals surface area contributed by atoms with Crippen molar-refractivity contribution in [2.24, 2.45) is 0 Å². The fraction of sp³-hybridized carbons (Fsp3) is 0.400. The second-order valence-electron chi connectivity index (χ2n) is 4.11. The molecule has 0 spiro atoms. The molecular formula is C15H18O6S. The molecule has 0 atom stereocenters. The molecule has 0 saturated carbocycles. The first-order valence-corrected chi connectivity index (χ1v) is 7.75. The van der Waals surface area contributed by atoms with Crippen LogP contribution in [0.5, 0.6) is 0 Å². The molecule has 0 radical (unpaired) electrons. The van der Waals surface area contributed by atoms with Crippen molar-refractivity contribution in [1.82, 2.24) is 0 Å². The highest BCUT2D eigenvalue weighted by Crippen LogP contribution is 2.05. The number of hydrogen-bond acceptors (Lipinski definition) is 7. The molecule has 120 valence electrons.